The molecule has 2 aromatic carbocycles. The van der Waals surface area contributed by atoms with E-state index in [2.05, 4.69) is 59.1 Å². The molecular weight excluding hydrogens is 424 g/mol. The molecule has 0 amide bonds. The second kappa shape index (κ2) is 7.99. The number of aryl methyl sites for hydroxylation is 2. The zero-order valence-electron chi connectivity index (χ0n) is 18.9. The van der Waals surface area contributed by atoms with E-state index in [-0.39, 0.29) is 0 Å². The van der Waals surface area contributed by atoms with Crippen molar-refractivity contribution in [1.29, 1.82) is 0 Å². The van der Waals surface area contributed by atoms with E-state index in [0.717, 1.165) is 11.8 Å². The third-order valence-corrected chi connectivity index (χ3v) is 11.0. The number of hydrogen-bond donors (Lipinski definition) is 0. The van der Waals surface area contributed by atoms with Crippen LogP contribution in [0.3, 0.4) is 0 Å². The lowest BCUT2D eigenvalue weighted by atomic mass is 9.79. The van der Waals surface area contributed by atoms with Crippen LogP contribution in [-0.2, 0) is 12.8 Å². The highest BCUT2D eigenvalue weighted by atomic mass is 32.1. The van der Waals surface area contributed by atoms with Crippen LogP contribution >= 0.6 is 22.7 Å². The lowest BCUT2D eigenvalue weighted by Crippen LogP contribution is -1.98. The average Bonchev–Trinajstić information content (AvgIpc) is 3.58. The molecule has 0 nitrogen and oxygen atoms in total. The molecule has 0 bridgehead atoms. The van der Waals surface area contributed by atoms with Crippen molar-refractivity contribution in [3.63, 3.8) is 0 Å². The van der Waals surface area contributed by atoms with Crippen LogP contribution in [-0.4, -0.2) is 0 Å². The van der Waals surface area contributed by atoms with Gasteiger partial charge in [-0.3, -0.25) is 0 Å². The quantitative estimate of drug-likeness (QED) is 0.238. The highest BCUT2D eigenvalue weighted by Gasteiger charge is 2.29. The molecule has 0 aliphatic heterocycles. The first-order valence-electron chi connectivity index (χ1n) is 12.9. The Bertz CT molecular complexity index is 1180. The molecule has 2 saturated carbocycles. The number of thiophene rings is 2. The fourth-order valence-corrected chi connectivity index (χ4v) is 9.21. The van der Waals surface area contributed by atoms with Crippen molar-refractivity contribution in [1.82, 2.24) is 0 Å². The van der Waals surface area contributed by atoms with Gasteiger partial charge in [0.1, 0.15) is 0 Å². The van der Waals surface area contributed by atoms with E-state index >= 15 is 0 Å². The molecule has 3 aliphatic carbocycles. The fraction of sp³-hybridized carbons (Fsp3) is 0.467. The maximum atomic E-state index is 2.48. The van der Waals surface area contributed by atoms with Crippen LogP contribution < -0.4 is 0 Å². The smallest absolute Gasteiger partial charge is 0.0430 e. The van der Waals surface area contributed by atoms with Gasteiger partial charge in [-0.15, -0.1) is 22.7 Å². The van der Waals surface area contributed by atoms with E-state index in [0.29, 0.717) is 0 Å². The van der Waals surface area contributed by atoms with Gasteiger partial charge in [0.15, 0.2) is 0 Å². The SMILES string of the molecule is c1cc2cc(CCC3CCCC3)sc2c2c1-c1c-2ccc2cc(CCC3CCCC3)sc12. The molecule has 0 atom stereocenters. The Labute approximate surface area is 199 Å². The van der Waals surface area contributed by atoms with E-state index in [1.807, 2.05) is 0 Å². The van der Waals surface area contributed by atoms with Gasteiger partial charge in [0.25, 0.3) is 0 Å². The monoisotopic (exact) mass is 456 g/mol. The number of benzene rings is 2. The molecule has 2 fully saturated rings. The Balaban J connectivity index is 1.17. The van der Waals surface area contributed by atoms with Gasteiger partial charge in [0.2, 0.25) is 0 Å². The predicted molar refractivity (Wildman–Crippen MR) is 142 cm³/mol. The van der Waals surface area contributed by atoms with Crippen molar-refractivity contribution in [2.24, 2.45) is 11.8 Å². The van der Waals surface area contributed by atoms with Crippen LogP contribution in [0.25, 0.3) is 42.4 Å². The molecule has 4 aromatic rings. The molecule has 0 unspecified atom stereocenters. The molecule has 7 rings (SSSR count). The minimum absolute atomic E-state index is 0.985. The van der Waals surface area contributed by atoms with Gasteiger partial charge in [-0.2, -0.15) is 0 Å². The van der Waals surface area contributed by atoms with E-state index < -0.39 is 0 Å². The normalized spacial score (nSPS) is 18.5. The summed E-state index contributed by atoms with van der Waals surface area (Å²) in [6.45, 7) is 0. The number of hydrogen-bond acceptors (Lipinski definition) is 2. The topological polar surface area (TPSA) is 0 Å². The van der Waals surface area contributed by atoms with Crippen LogP contribution in [0.15, 0.2) is 36.4 Å². The van der Waals surface area contributed by atoms with Gasteiger partial charge in [0, 0.05) is 30.3 Å². The molecule has 0 N–H and O–H groups in total. The lowest BCUT2D eigenvalue weighted by molar-refractivity contribution is 0.506. The Hall–Kier alpha value is -1.64. The largest absolute Gasteiger partial charge is 0.140 e. The number of fused-ring (bicyclic) bond motifs is 8. The Morgan fingerprint density at radius 1 is 0.594 bits per heavy atom. The first-order valence-corrected chi connectivity index (χ1v) is 14.6. The van der Waals surface area contributed by atoms with Crippen LogP contribution in [0.5, 0.6) is 0 Å². The molecule has 3 aliphatic rings. The summed E-state index contributed by atoms with van der Waals surface area (Å²) in [5.41, 5.74) is 6.09. The summed E-state index contributed by atoms with van der Waals surface area (Å²) >= 11 is 4.14. The van der Waals surface area contributed by atoms with E-state index in [9.17, 15) is 0 Å². The van der Waals surface area contributed by atoms with Crippen LogP contribution in [0.4, 0.5) is 0 Å². The Morgan fingerprint density at radius 3 is 1.47 bits per heavy atom. The fourth-order valence-electron chi connectivity index (χ4n) is 6.74. The summed E-state index contributed by atoms with van der Waals surface area (Å²) in [5.74, 6) is 1.97. The summed E-state index contributed by atoms with van der Waals surface area (Å²) in [4.78, 5) is 3.19. The summed E-state index contributed by atoms with van der Waals surface area (Å²) in [5, 5.41) is 2.92. The molecule has 0 saturated heterocycles. The van der Waals surface area contributed by atoms with Crippen LogP contribution in [0.1, 0.15) is 74.0 Å². The third-order valence-electron chi connectivity index (χ3n) is 8.56. The minimum atomic E-state index is 0.985. The van der Waals surface area contributed by atoms with Crippen molar-refractivity contribution in [2.75, 3.05) is 0 Å². The summed E-state index contributed by atoms with van der Waals surface area (Å²) in [7, 11) is 0. The van der Waals surface area contributed by atoms with Crippen molar-refractivity contribution in [3.8, 4) is 22.3 Å². The van der Waals surface area contributed by atoms with Crippen molar-refractivity contribution in [2.45, 2.75) is 77.0 Å². The van der Waals surface area contributed by atoms with E-state index in [1.165, 1.54) is 119 Å². The van der Waals surface area contributed by atoms with Crippen molar-refractivity contribution < 1.29 is 0 Å². The van der Waals surface area contributed by atoms with Crippen LogP contribution in [0, 0.1) is 11.8 Å². The van der Waals surface area contributed by atoms with Gasteiger partial charge < -0.3 is 0 Å². The maximum absolute atomic E-state index is 2.48. The first kappa shape index (κ1) is 19.8. The van der Waals surface area contributed by atoms with Gasteiger partial charge in [-0.25, -0.2) is 0 Å². The minimum Gasteiger partial charge on any atom is -0.140 e. The molecule has 32 heavy (non-hydrogen) atoms. The highest BCUT2D eigenvalue weighted by molar-refractivity contribution is 7.20. The van der Waals surface area contributed by atoms with Gasteiger partial charge in [-0.05, 0) is 71.6 Å². The maximum Gasteiger partial charge on any atom is 0.0430 e. The zero-order valence-corrected chi connectivity index (χ0v) is 20.6. The van der Waals surface area contributed by atoms with E-state index in [4.69, 9.17) is 0 Å². The molecule has 2 aromatic heterocycles. The van der Waals surface area contributed by atoms with Crippen molar-refractivity contribution >= 4 is 42.8 Å². The highest BCUT2D eigenvalue weighted by Crippen LogP contribution is 2.56. The number of rotatable bonds is 6. The lowest BCUT2D eigenvalue weighted by Gasteiger charge is -2.25. The first-order chi connectivity index (χ1) is 15.8. The molecular formula is C30H32S2. The second-order valence-electron chi connectivity index (χ2n) is 10.6. The summed E-state index contributed by atoms with van der Waals surface area (Å²) < 4.78 is 3.07. The van der Waals surface area contributed by atoms with Gasteiger partial charge in [-0.1, -0.05) is 75.6 Å². The molecule has 0 spiro atoms. The molecule has 0 radical (unpaired) electrons. The molecule has 2 heteroatoms. The summed E-state index contributed by atoms with van der Waals surface area (Å²) in [6.07, 6.45) is 17.0. The Morgan fingerprint density at radius 2 is 1.03 bits per heavy atom. The van der Waals surface area contributed by atoms with E-state index in [1.54, 1.807) is 9.75 Å². The van der Waals surface area contributed by atoms with Gasteiger partial charge in [0.05, 0.1) is 0 Å². The molecule has 2 heterocycles. The van der Waals surface area contributed by atoms with Crippen LogP contribution in [0.2, 0.25) is 0 Å². The van der Waals surface area contributed by atoms with Gasteiger partial charge >= 0.3 is 0 Å². The average molecular weight is 457 g/mol. The summed E-state index contributed by atoms with van der Waals surface area (Å²) in [6, 6.07) is 14.6. The standard InChI is InChI=1S/C30H32S2/c1-2-6-19(5-1)9-13-23-17-21-11-15-25-27(29(21)31-23)26-16-12-22-18-24(32-30(22)28(25)26)14-10-20-7-3-4-8-20/h11-12,15-20H,1-10,13-14H2. The molecule has 164 valence electrons. The predicted octanol–water partition coefficient (Wildman–Crippen LogP) is 10.0. The van der Waals surface area contributed by atoms with Crippen molar-refractivity contribution in [3.05, 3.63) is 46.2 Å². The Kier molecular flexibility index (Phi) is 4.94. The second-order valence-corrected chi connectivity index (χ2v) is 12.9. The zero-order chi connectivity index (χ0) is 21.1. The third kappa shape index (κ3) is 3.29.